The Morgan fingerprint density at radius 3 is 2.61 bits per heavy atom. The van der Waals surface area contributed by atoms with Crippen LogP contribution in [0.3, 0.4) is 0 Å². The predicted octanol–water partition coefficient (Wildman–Crippen LogP) is 3.01. The van der Waals surface area contributed by atoms with Gasteiger partial charge in [0, 0.05) is 30.5 Å². The standard InChI is InChI=1S/C18H23N3OS/c1-18(2,3)16-15(23-11-20-16)17(22)21-9-13(14(19)10-21)12-7-5-4-6-8-12/h4-8,11,13-14H,9-10,19H2,1-3H3/t13-,14+/m0/s1. The first-order chi connectivity index (χ1) is 10.9. The predicted molar refractivity (Wildman–Crippen MR) is 93.9 cm³/mol. The summed E-state index contributed by atoms with van der Waals surface area (Å²) in [7, 11) is 0. The molecule has 23 heavy (non-hydrogen) atoms. The highest BCUT2D eigenvalue weighted by atomic mass is 32.1. The van der Waals surface area contributed by atoms with Crippen molar-refractivity contribution in [2.24, 2.45) is 5.73 Å². The van der Waals surface area contributed by atoms with E-state index in [0.29, 0.717) is 13.1 Å². The van der Waals surface area contributed by atoms with Gasteiger partial charge in [-0.3, -0.25) is 4.79 Å². The van der Waals surface area contributed by atoms with Gasteiger partial charge in [-0.15, -0.1) is 11.3 Å². The van der Waals surface area contributed by atoms with Gasteiger partial charge in [0.1, 0.15) is 4.88 Å². The number of thiazole rings is 1. The second-order valence-electron chi connectivity index (χ2n) is 7.17. The summed E-state index contributed by atoms with van der Waals surface area (Å²) in [6.07, 6.45) is 0. The molecule has 2 atom stereocenters. The molecule has 0 bridgehead atoms. The Morgan fingerprint density at radius 2 is 1.96 bits per heavy atom. The number of amides is 1. The third-order valence-corrected chi connectivity index (χ3v) is 5.17. The number of nitrogens with zero attached hydrogens (tertiary/aromatic N) is 2. The van der Waals surface area contributed by atoms with E-state index in [-0.39, 0.29) is 23.3 Å². The molecule has 5 heteroatoms. The number of benzene rings is 1. The van der Waals surface area contributed by atoms with Gasteiger partial charge in [-0.25, -0.2) is 4.98 Å². The highest BCUT2D eigenvalue weighted by molar-refractivity contribution is 7.11. The van der Waals surface area contributed by atoms with Crippen molar-refractivity contribution >= 4 is 17.2 Å². The van der Waals surface area contributed by atoms with E-state index in [9.17, 15) is 4.79 Å². The second-order valence-corrected chi connectivity index (χ2v) is 8.03. The molecule has 2 N–H and O–H groups in total. The van der Waals surface area contributed by atoms with Crippen molar-refractivity contribution in [3.63, 3.8) is 0 Å². The Hall–Kier alpha value is -1.72. The summed E-state index contributed by atoms with van der Waals surface area (Å²) in [6.45, 7) is 7.52. The SMILES string of the molecule is CC(C)(C)c1ncsc1C(=O)N1C[C@@H](N)[C@H](c2ccccc2)C1. The maximum atomic E-state index is 12.9. The topological polar surface area (TPSA) is 59.2 Å². The lowest BCUT2D eigenvalue weighted by molar-refractivity contribution is 0.0791. The van der Waals surface area contributed by atoms with Gasteiger partial charge in [-0.05, 0) is 5.56 Å². The van der Waals surface area contributed by atoms with Crippen molar-refractivity contribution in [2.45, 2.75) is 38.1 Å². The monoisotopic (exact) mass is 329 g/mol. The van der Waals surface area contributed by atoms with Crippen molar-refractivity contribution in [3.8, 4) is 0 Å². The van der Waals surface area contributed by atoms with Crippen LogP contribution in [0.2, 0.25) is 0 Å². The molecule has 2 heterocycles. The molecule has 4 nitrogen and oxygen atoms in total. The Kier molecular flexibility index (Phi) is 4.25. The average molecular weight is 329 g/mol. The number of hydrogen-bond acceptors (Lipinski definition) is 4. The minimum atomic E-state index is -0.133. The summed E-state index contributed by atoms with van der Waals surface area (Å²) >= 11 is 1.43. The first-order valence-electron chi connectivity index (χ1n) is 7.91. The third-order valence-electron chi connectivity index (χ3n) is 4.35. The molecule has 0 spiro atoms. The van der Waals surface area contributed by atoms with Gasteiger partial charge in [-0.2, -0.15) is 0 Å². The average Bonchev–Trinajstić information content (AvgIpc) is 3.13. The number of hydrogen-bond donors (Lipinski definition) is 1. The molecule has 2 aromatic rings. The molecule has 0 unspecified atom stereocenters. The van der Waals surface area contributed by atoms with Gasteiger partial charge >= 0.3 is 0 Å². The molecule has 1 aromatic carbocycles. The molecule has 1 aliphatic rings. The van der Waals surface area contributed by atoms with Crippen LogP contribution in [0.15, 0.2) is 35.8 Å². The highest BCUT2D eigenvalue weighted by Crippen LogP contribution is 2.31. The van der Waals surface area contributed by atoms with E-state index < -0.39 is 0 Å². The molecule has 1 fully saturated rings. The number of likely N-dealkylation sites (tertiary alicyclic amines) is 1. The van der Waals surface area contributed by atoms with Crippen LogP contribution in [-0.2, 0) is 5.41 Å². The molecule has 122 valence electrons. The van der Waals surface area contributed by atoms with Crippen LogP contribution in [0.5, 0.6) is 0 Å². The second kappa shape index (κ2) is 6.06. The largest absolute Gasteiger partial charge is 0.336 e. The first kappa shape index (κ1) is 16.1. The van der Waals surface area contributed by atoms with Crippen LogP contribution in [0.25, 0.3) is 0 Å². The first-order valence-corrected chi connectivity index (χ1v) is 8.79. The lowest BCUT2D eigenvalue weighted by Gasteiger charge is -2.20. The smallest absolute Gasteiger partial charge is 0.265 e. The molecule has 0 saturated carbocycles. The van der Waals surface area contributed by atoms with Crippen LogP contribution < -0.4 is 5.73 Å². The fourth-order valence-corrected chi connectivity index (χ4v) is 4.09. The minimum absolute atomic E-state index is 0.0210. The van der Waals surface area contributed by atoms with Gasteiger partial charge < -0.3 is 10.6 Å². The Balaban J connectivity index is 1.82. The van der Waals surface area contributed by atoms with Crippen LogP contribution in [0.1, 0.15) is 47.6 Å². The molecule has 1 aromatic heterocycles. The molecule has 1 amide bonds. The molecular formula is C18H23N3OS. The van der Waals surface area contributed by atoms with Crippen LogP contribution in [0.4, 0.5) is 0 Å². The van der Waals surface area contributed by atoms with Crippen LogP contribution in [0, 0.1) is 0 Å². The lowest BCUT2D eigenvalue weighted by Crippen LogP contribution is -2.33. The number of nitrogens with two attached hydrogens (primary N) is 1. The van der Waals surface area contributed by atoms with E-state index in [2.05, 4.69) is 37.9 Å². The number of rotatable bonds is 2. The Labute approximate surface area is 141 Å². The minimum Gasteiger partial charge on any atom is -0.336 e. The lowest BCUT2D eigenvalue weighted by atomic mass is 9.91. The highest BCUT2D eigenvalue weighted by Gasteiger charge is 2.36. The van der Waals surface area contributed by atoms with Gasteiger partial charge in [0.05, 0.1) is 11.2 Å². The zero-order chi connectivity index (χ0) is 16.6. The van der Waals surface area contributed by atoms with Crippen molar-refractivity contribution in [1.29, 1.82) is 0 Å². The fourth-order valence-electron chi connectivity index (χ4n) is 3.12. The fraction of sp³-hybridized carbons (Fsp3) is 0.444. The van der Waals surface area contributed by atoms with Crippen LogP contribution >= 0.6 is 11.3 Å². The van der Waals surface area contributed by atoms with E-state index >= 15 is 0 Å². The summed E-state index contributed by atoms with van der Waals surface area (Å²) in [5.41, 5.74) is 10.0. The van der Waals surface area contributed by atoms with E-state index in [4.69, 9.17) is 5.73 Å². The van der Waals surface area contributed by atoms with Crippen LogP contribution in [-0.4, -0.2) is 34.9 Å². The number of carbonyl (C=O) groups excluding carboxylic acids is 1. The van der Waals surface area contributed by atoms with Crippen molar-refractivity contribution in [3.05, 3.63) is 52.0 Å². The zero-order valence-electron chi connectivity index (χ0n) is 13.8. The molecular weight excluding hydrogens is 306 g/mol. The van der Waals surface area contributed by atoms with E-state index in [0.717, 1.165) is 10.6 Å². The third kappa shape index (κ3) is 3.16. The van der Waals surface area contributed by atoms with Gasteiger partial charge in [0.2, 0.25) is 0 Å². The molecule has 1 aliphatic heterocycles. The molecule has 0 radical (unpaired) electrons. The van der Waals surface area contributed by atoms with Crippen molar-refractivity contribution < 1.29 is 4.79 Å². The summed E-state index contributed by atoms with van der Waals surface area (Å²) < 4.78 is 0. The zero-order valence-corrected chi connectivity index (χ0v) is 14.6. The maximum absolute atomic E-state index is 12.9. The quantitative estimate of drug-likeness (QED) is 0.921. The van der Waals surface area contributed by atoms with Gasteiger partial charge in [0.15, 0.2) is 0 Å². The molecule has 3 rings (SSSR count). The van der Waals surface area contributed by atoms with E-state index in [1.165, 1.54) is 16.9 Å². The van der Waals surface area contributed by atoms with Gasteiger partial charge in [0.25, 0.3) is 5.91 Å². The molecule has 1 saturated heterocycles. The Bertz CT molecular complexity index is 690. The number of carbonyl (C=O) groups is 1. The van der Waals surface area contributed by atoms with E-state index in [1.807, 2.05) is 23.1 Å². The Morgan fingerprint density at radius 1 is 1.26 bits per heavy atom. The van der Waals surface area contributed by atoms with Crippen molar-refractivity contribution in [2.75, 3.05) is 13.1 Å². The maximum Gasteiger partial charge on any atom is 0.265 e. The summed E-state index contributed by atoms with van der Waals surface area (Å²) in [5, 5.41) is 0. The molecule has 0 aliphatic carbocycles. The number of aromatic nitrogens is 1. The van der Waals surface area contributed by atoms with E-state index in [1.54, 1.807) is 5.51 Å². The van der Waals surface area contributed by atoms with Gasteiger partial charge in [-0.1, -0.05) is 51.1 Å². The summed E-state index contributed by atoms with van der Waals surface area (Å²) in [5.74, 6) is 0.262. The summed E-state index contributed by atoms with van der Waals surface area (Å²) in [4.78, 5) is 20.0. The summed E-state index contributed by atoms with van der Waals surface area (Å²) in [6, 6.07) is 10.2. The normalized spacial score (nSPS) is 21.7. The van der Waals surface area contributed by atoms with Crippen molar-refractivity contribution in [1.82, 2.24) is 9.88 Å².